The summed E-state index contributed by atoms with van der Waals surface area (Å²) in [5.41, 5.74) is 4.66. The fraction of sp³-hybridized carbons (Fsp3) is 0.464. The molecule has 2 N–H and O–H groups in total. The third-order valence-electron chi connectivity index (χ3n) is 7.06. The molecule has 2 unspecified atom stereocenters. The molecule has 7 nitrogen and oxygen atoms in total. The Balaban J connectivity index is 1.33. The van der Waals surface area contributed by atoms with Crippen LogP contribution >= 0.6 is 0 Å². The fourth-order valence-electron chi connectivity index (χ4n) is 5.43. The minimum atomic E-state index is -0.829. The molecule has 1 saturated heterocycles. The van der Waals surface area contributed by atoms with Gasteiger partial charge >= 0.3 is 12.1 Å². The Morgan fingerprint density at radius 3 is 2.37 bits per heavy atom. The third kappa shape index (κ3) is 6.02. The maximum Gasteiger partial charge on any atom is 0.407 e. The topological polar surface area (TPSA) is 95.9 Å². The lowest BCUT2D eigenvalue weighted by molar-refractivity contribution is -0.140. The Morgan fingerprint density at radius 1 is 1.09 bits per heavy atom. The zero-order valence-corrected chi connectivity index (χ0v) is 20.2. The third-order valence-corrected chi connectivity index (χ3v) is 7.06. The lowest BCUT2D eigenvalue weighted by Gasteiger charge is -2.33. The molecule has 186 valence electrons. The summed E-state index contributed by atoms with van der Waals surface area (Å²) < 4.78 is 5.66. The number of hydrogen-bond acceptors (Lipinski definition) is 4. The molecule has 1 fully saturated rings. The predicted octanol–water partition coefficient (Wildman–Crippen LogP) is 4.80. The number of amides is 2. The molecular weight excluding hydrogens is 444 g/mol. The summed E-state index contributed by atoms with van der Waals surface area (Å²) in [5.74, 6) is -0.897. The number of carbonyl (C=O) groups excluding carboxylic acids is 2. The van der Waals surface area contributed by atoms with Gasteiger partial charge in [0.05, 0.1) is 0 Å². The number of nitrogens with one attached hydrogen (secondary N) is 1. The van der Waals surface area contributed by atoms with Gasteiger partial charge in [-0.25, -0.2) is 4.79 Å². The van der Waals surface area contributed by atoms with Crippen molar-refractivity contribution in [1.29, 1.82) is 0 Å². The van der Waals surface area contributed by atoms with E-state index in [1.807, 2.05) is 31.2 Å². The highest BCUT2D eigenvalue weighted by Gasteiger charge is 2.30. The molecule has 0 saturated carbocycles. The van der Waals surface area contributed by atoms with Crippen LogP contribution in [-0.2, 0) is 14.3 Å². The number of aliphatic carboxylic acids is 1. The van der Waals surface area contributed by atoms with E-state index in [-0.39, 0.29) is 43.2 Å². The van der Waals surface area contributed by atoms with Gasteiger partial charge in [0.2, 0.25) is 5.91 Å². The molecule has 1 heterocycles. The molecular formula is C28H34N2O5. The SMILES string of the molecule is CCCC(CC(=O)N1CCCC(CC(=O)O)C1)NC(=O)OCC1c2ccccc2-c2ccccc21. The first kappa shape index (κ1) is 24.8. The number of fused-ring (bicyclic) bond motifs is 3. The summed E-state index contributed by atoms with van der Waals surface area (Å²) in [6.45, 7) is 3.35. The molecule has 0 aromatic heterocycles. The Bertz CT molecular complexity index is 1020. The number of carboxylic acids is 1. The fourth-order valence-corrected chi connectivity index (χ4v) is 5.43. The minimum Gasteiger partial charge on any atom is -0.481 e. The Morgan fingerprint density at radius 2 is 1.74 bits per heavy atom. The molecule has 1 aliphatic heterocycles. The zero-order valence-electron chi connectivity index (χ0n) is 20.2. The van der Waals surface area contributed by atoms with Crippen molar-refractivity contribution in [3.8, 4) is 11.1 Å². The van der Waals surface area contributed by atoms with E-state index in [1.54, 1.807) is 4.90 Å². The molecule has 1 aliphatic carbocycles. The first-order chi connectivity index (χ1) is 17.0. The van der Waals surface area contributed by atoms with Gasteiger partial charge < -0.3 is 20.1 Å². The number of nitrogens with zero attached hydrogens (tertiary/aromatic N) is 1. The molecule has 7 heteroatoms. The van der Waals surface area contributed by atoms with Crippen LogP contribution in [0.3, 0.4) is 0 Å². The highest BCUT2D eigenvalue weighted by atomic mass is 16.5. The summed E-state index contributed by atoms with van der Waals surface area (Å²) in [7, 11) is 0. The van der Waals surface area contributed by atoms with Crippen molar-refractivity contribution in [2.75, 3.05) is 19.7 Å². The molecule has 2 amide bonds. The Labute approximate surface area is 206 Å². The number of piperidine rings is 1. The Hall–Kier alpha value is -3.35. The van der Waals surface area contributed by atoms with Crippen molar-refractivity contribution >= 4 is 18.0 Å². The van der Waals surface area contributed by atoms with Crippen LogP contribution in [0, 0.1) is 5.92 Å². The standard InChI is InChI=1S/C28H34N2O5/c1-2-8-20(16-26(31)30-14-7-9-19(17-30)15-27(32)33)29-28(34)35-18-25-23-12-5-3-10-21(23)22-11-4-6-13-24(22)25/h3-6,10-13,19-20,25H,2,7-9,14-18H2,1H3,(H,29,34)(H,32,33). The second-order valence-electron chi connectivity index (χ2n) is 9.61. The highest BCUT2D eigenvalue weighted by molar-refractivity contribution is 5.80. The minimum absolute atomic E-state index is 0.00934. The van der Waals surface area contributed by atoms with E-state index in [4.69, 9.17) is 9.84 Å². The largest absolute Gasteiger partial charge is 0.481 e. The molecule has 2 aromatic carbocycles. The van der Waals surface area contributed by atoms with Crippen LogP contribution in [0.15, 0.2) is 48.5 Å². The van der Waals surface area contributed by atoms with Gasteiger partial charge in [0.1, 0.15) is 6.61 Å². The van der Waals surface area contributed by atoms with Crippen molar-refractivity contribution in [3.63, 3.8) is 0 Å². The maximum atomic E-state index is 12.9. The lowest BCUT2D eigenvalue weighted by Crippen LogP contribution is -2.44. The van der Waals surface area contributed by atoms with Crippen molar-refractivity contribution in [2.45, 2.75) is 57.4 Å². The number of rotatable bonds is 9. The van der Waals surface area contributed by atoms with Gasteiger partial charge in [0.25, 0.3) is 0 Å². The van der Waals surface area contributed by atoms with E-state index in [0.717, 1.165) is 30.4 Å². The van der Waals surface area contributed by atoms with Crippen LogP contribution in [-0.4, -0.2) is 53.7 Å². The van der Waals surface area contributed by atoms with Crippen molar-refractivity contribution in [1.82, 2.24) is 10.2 Å². The zero-order chi connectivity index (χ0) is 24.8. The van der Waals surface area contributed by atoms with Crippen molar-refractivity contribution in [2.24, 2.45) is 5.92 Å². The average molecular weight is 479 g/mol. The molecule has 0 radical (unpaired) electrons. The quantitative estimate of drug-likeness (QED) is 0.540. The second kappa shape index (κ2) is 11.4. The molecule has 4 rings (SSSR count). The molecule has 2 aromatic rings. The first-order valence-corrected chi connectivity index (χ1v) is 12.6. The van der Waals surface area contributed by atoms with Crippen LogP contribution in [0.4, 0.5) is 4.79 Å². The molecule has 2 aliphatic rings. The lowest BCUT2D eigenvalue weighted by atomic mass is 9.94. The van der Waals surface area contributed by atoms with Crippen LogP contribution in [0.5, 0.6) is 0 Å². The van der Waals surface area contributed by atoms with E-state index in [9.17, 15) is 14.4 Å². The normalized spacial score (nSPS) is 17.9. The van der Waals surface area contributed by atoms with Gasteiger partial charge in [-0.3, -0.25) is 9.59 Å². The van der Waals surface area contributed by atoms with Crippen LogP contribution in [0.1, 0.15) is 62.5 Å². The van der Waals surface area contributed by atoms with Gasteiger partial charge in [0.15, 0.2) is 0 Å². The van der Waals surface area contributed by atoms with Gasteiger partial charge in [-0.05, 0) is 47.4 Å². The molecule has 0 spiro atoms. The number of ether oxygens (including phenoxy) is 1. The van der Waals surface area contributed by atoms with E-state index >= 15 is 0 Å². The Kier molecular flexibility index (Phi) is 8.06. The smallest absolute Gasteiger partial charge is 0.407 e. The summed E-state index contributed by atoms with van der Waals surface area (Å²) in [4.78, 5) is 38.4. The van der Waals surface area contributed by atoms with Gasteiger partial charge in [0, 0.05) is 37.9 Å². The van der Waals surface area contributed by atoms with Crippen LogP contribution in [0.2, 0.25) is 0 Å². The summed E-state index contributed by atoms with van der Waals surface area (Å²) >= 11 is 0. The predicted molar refractivity (Wildman–Crippen MR) is 133 cm³/mol. The highest BCUT2D eigenvalue weighted by Crippen LogP contribution is 2.44. The average Bonchev–Trinajstić information content (AvgIpc) is 3.16. The van der Waals surface area contributed by atoms with E-state index in [2.05, 4.69) is 29.6 Å². The molecule has 0 bridgehead atoms. The summed E-state index contributed by atoms with van der Waals surface area (Å²) in [6, 6.07) is 16.1. The van der Waals surface area contributed by atoms with Crippen LogP contribution in [0.25, 0.3) is 11.1 Å². The van der Waals surface area contributed by atoms with E-state index in [0.29, 0.717) is 19.5 Å². The number of likely N-dealkylation sites (tertiary alicyclic amines) is 1. The van der Waals surface area contributed by atoms with Crippen molar-refractivity contribution in [3.05, 3.63) is 59.7 Å². The van der Waals surface area contributed by atoms with Gasteiger partial charge in [-0.15, -0.1) is 0 Å². The van der Waals surface area contributed by atoms with E-state index < -0.39 is 12.1 Å². The molecule has 35 heavy (non-hydrogen) atoms. The van der Waals surface area contributed by atoms with Gasteiger partial charge in [-0.2, -0.15) is 0 Å². The number of alkyl carbamates (subject to hydrolysis) is 1. The molecule has 2 atom stereocenters. The summed E-state index contributed by atoms with van der Waals surface area (Å²) in [6.07, 6.45) is 2.89. The maximum absolute atomic E-state index is 12.9. The van der Waals surface area contributed by atoms with E-state index in [1.165, 1.54) is 11.1 Å². The number of benzene rings is 2. The van der Waals surface area contributed by atoms with Crippen molar-refractivity contribution < 1.29 is 24.2 Å². The number of hydrogen-bond donors (Lipinski definition) is 2. The summed E-state index contributed by atoms with van der Waals surface area (Å²) in [5, 5.41) is 12.0. The van der Waals surface area contributed by atoms with Gasteiger partial charge in [-0.1, -0.05) is 61.9 Å². The monoisotopic (exact) mass is 478 g/mol. The number of carboxylic acid groups (broad SMARTS) is 1. The second-order valence-corrected chi connectivity index (χ2v) is 9.61. The first-order valence-electron chi connectivity index (χ1n) is 12.6. The van der Waals surface area contributed by atoms with Crippen LogP contribution < -0.4 is 5.32 Å². The number of carbonyl (C=O) groups is 3.